The lowest BCUT2D eigenvalue weighted by Gasteiger charge is -2.28. The second-order valence-corrected chi connectivity index (χ2v) is 6.17. The zero-order valence-electron chi connectivity index (χ0n) is 12.4. The summed E-state index contributed by atoms with van der Waals surface area (Å²) >= 11 is 0. The summed E-state index contributed by atoms with van der Waals surface area (Å²) in [5.41, 5.74) is 8.10. The number of halogens is 1. The van der Waals surface area contributed by atoms with E-state index in [1.165, 1.54) is 0 Å². The van der Waals surface area contributed by atoms with E-state index in [1.54, 1.807) is 0 Å². The summed E-state index contributed by atoms with van der Waals surface area (Å²) in [6.07, 6.45) is 3.88. The smallest absolute Gasteiger partial charge is 0.232 e. The molecule has 2 unspecified atom stereocenters. The van der Waals surface area contributed by atoms with Gasteiger partial charge in [0.2, 0.25) is 11.9 Å². The second kappa shape index (κ2) is 5.89. The van der Waals surface area contributed by atoms with Crippen LogP contribution in [0, 0.1) is 5.92 Å². The van der Waals surface area contributed by atoms with Crippen molar-refractivity contribution in [1.29, 1.82) is 0 Å². The predicted octanol–water partition coefficient (Wildman–Crippen LogP) is 2.32. The molecule has 0 radical (unpaired) electrons. The normalized spacial score (nSPS) is 24.1. The molecule has 5 nitrogen and oxygen atoms in total. The zero-order valence-corrected chi connectivity index (χ0v) is 13.3. The molecular weight excluding hydrogens is 300 g/mol. The highest BCUT2D eigenvalue weighted by atomic mass is 35.5. The molecule has 1 aliphatic heterocycles. The first-order chi connectivity index (χ1) is 10.2. The van der Waals surface area contributed by atoms with Crippen molar-refractivity contribution in [3.8, 4) is 0 Å². The van der Waals surface area contributed by atoms with Gasteiger partial charge in [0.05, 0.1) is 11.0 Å². The summed E-state index contributed by atoms with van der Waals surface area (Å²) in [5, 5.41) is 0. The minimum absolute atomic E-state index is 0. The van der Waals surface area contributed by atoms with Crippen molar-refractivity contribution < 1.29 is 4.79 Å². The third-order valence-electron chi connectivity index (χ3n) is 4.75. The maximum absolute atomic E-state index is 12.8. The van der Waals surface area contributed by atoms with E-state index in [0.717, 1.165) is 55.8 Å². The maximum Gasteiger partial charge on any atom is 0.232 e. The first-order valence-corrected chi connectivity index (χ1v) is 7.76. The Labute approximate surface area is 135 Å². The molecule has 2 aromatic rings. The van der Waals surface area contributed by atoms with Crippen LogP contribution in [0.15, 0.2) is 24.3 Å². The quantitative estimate of drug-likeness (QED) is 0.877. The molecule has 0 spiro atoms. The standard InChI is InChI=1S/C16H20N4O.ClH/c17-12-5-3-4-11(10-12)15(21)20-9-8-19-14-7-2-1-6-13(14)18-16(19)20;/h1-2,6-7,11-12H,3-5,8-10,17H2;1H. The van der Waals surface area contributed by atoms with Gasteiger partial charge in [-0.3, -0.25) is 9.69 Å². The molecule has 1 amide bonds. The molecule has 4 rings (SSSR count). The Morgan fingerprint density at radius 1 is 1.23 bits per heavy atom. The largest absolute Gasteiger partial charge is 0.328 e. The highest BCUT2D eigenvalue weighted by Gasteiger charge is 2.34. The number of rotatable bonds is 1. The van der Waals surface area contributed by atoms with Crippen LogP contribution >= 0.6 is 12.4 Å². The van der Waals surface area contributed by atoms with Gasteiger partial charge in [-0.1, -0.05) is 18.6 Å². The topological polar surface area (TPSA) is 64.2 Å². The van der Waals surface area contributed by atoms with E-state index in [-0.39, 0.29) is 30.3 Å². The number of para-hydroxylation sites is 2. The van der Waals surface area contributed by atoms with E-state index < -0.39 is 0 Å². The summed E-state index contributed by atoms with van der Waals surface area (Å²) in [4.78, 5) is 19.3. The van der Waals surface area contributed by atoms with Crippen LogP contribution in [0.3, 0.4) is 0 Å². The van der Waals surface area contributed by atoms with Crippen molar-refractivity contribution in [2.45, 2.75) is 38.3 Å². The Hall–Kier alpha value is -1.59. The first-order valence-electron chi connectivity index (χ1n) is 7.76. The molecule has 2 heterocycles. The second-order valence-electron chi connectivity index (χ2n) is 6.17. The first kappa shape index (κ1) is 15.3. The Morgan fingerprint density at radius 3 is 2.86 bits per heavy atom. The van der Waals surface area contributed by atoms with E-state index in [4.69, 9.17) is 5.73 Å². The van der Waals surface area contributed by atoms with Gasteiger partial charge in [-0.25, -0.2) is 4.98 Å². The Kier molecular flexibility index (Phi) is 4.10. The van der Waals surface area contributed by atoms with Crippen LogP contribution in [0.25, 0.3) is 11.0 Å². The molecule has 0 bridgehead atoms. The van der Waals surface area contributed by atoms with Gasteiger partial charge in [0.1, 0.15) is 0 Å². The summed E-state index contributed by atoms with van der Waals surface area (Å²) in [5.74, 6) is 1.08. The Morgan fingerprint density at radius 2 is 2.05 bits per heavy atom. The molecule has 1 fully saturated rings. The number of hydrogen-bond donors (Lipinski definition) is 1. The van der Waals surface area contributed by atoms with Crippen molar-refractivity contribution in [2.75, 3.05) is 11.4 Å². The predicted molar refractivity (Wildman–Crippen MR) is 89.3 cm³/mol. The molecule has 6 heteroatoms. The number of amides is 1. The maximum atomic E-state index is 12.8. The third-order valence-corrected chi connectivity index (χ3v) is 4.75. The fourth-order valence-electron chi connectivity index (χ4n) is 3.67. The van der Waals surface area contributed by atoms with Gasteiger partial charge in [-0.2, -0.15) is 0 Å². The lowest BCUT2D eigenvalue weighted by atomic mass is 9.85. The minimum atomic E-state index is 0. The molecule has 118 valence electrons. The van der Waals surface area contributed by atoms with Crippen LogP contribution < -0.4 is 10.6 Å². The number of hydrogen-bond acceptors (Lipinski definition) is 3. The number of carbonyl (C=O) groups excluding carboxylic acids is 1. The molecule has 2 N–H and O–H groups in total. The van der Waals surface area contributed by atoms with Gasteiger partial charge in [0.15, 0.2) is 0 Å². The van der Waals surface area contributed by atoms with Gasteiger partial charge in [-0.05, 0) is 31.4 Å². The van der Waals surface area contributed by atoms with Crippen LogP contribution in [-0.2, 0) is 11.3 Å². The van der Waals surface area contributed by atoms with Crippen molar-refractivity contribution in [3.05, 3.63) is 24.3 Å². The molecule has 0 saturated heterocycles. The van der Waals surface area contributed by atoms with Crippen molar-refractivity contribution in [2.24, 2.45) is 11.7 Å². The zero-order chi connectivity index (χ0) is 14.4. The number of imidazole rings is 1. The fourth-order valence-corrected chi connectivity index (χ4v) is 3.67. The van der Waals surface area contributed by atoms with Crippen LogP contribution in [0.1, 0.15) is 25.7 Å². The average molecular weight is 321 g/mol. The van der Waals surface area contributed by atoms with Crippen LogP contribution in [-0.4, -0.2) is 28.0 Å². The molecule has 2 aliphatic rings. The Bertz CT molecular complexity index is 699. The SMILES string of the molecule is Cl.NC1CCCC(C(=O)N2CCn3c2nc2ccccc23)C1. The third kappa shape index (κ3) is 2.38. The van der Waals surface area contributed by atoms with Crippen LogP contribution in [0.5, 0.6) is 0 Å². The average Bonchev–Trinajstić information content (AvgIpc) is 3.05. The van der Waals surface area contributed by atoms with Gasteiger partial charge in [0.25, 0.3) is 0 Å². The molecule has 1 aromatic carbocycles. The van der Waals surface area contributed by atoms with E-state index in [9.17, 15) is 4.79 Å². The fraction of sp³-hybridized carbons (Fsp3) is 0.500. The number of aromatic nitrogens is 2. The highest BCUT2D eigenvalue weighted by molar-refractivity contribution is 5.96. The summed E-state index contributed by atoms with van der Waals surface area (Å²) in [6, 6.07) is 8.24. The number of benzene rings is 1. The van der Waals surface area contributed by atoms with Crippen molar-refractivity contribution in [3.63, 3.8) is 0 Å². The number of anilines is 1. The summed E-state index contributed by atoms with van der Waals surface area (Å²) < 4.78 is 2.15. The number of nitrogens with two attached hydrogens (primary N) is 1. The molecule has 1 saturated carbocycles. The van der Waals surface area contributed by atoms with Crippen molar-refractivity contribution in [1.82, 2.24) is 9.55 Å². The molecular formula is C16H21ClN4O. The number of carbonyl (C=O) groups is 1. The minimum Gasteiger partial charge on any atom is -0.328 e. The molecule has 1 aliphatic carbocycles. The van der Waals surface area contributed by atoms with Crippen LogP contribution in [0.4, 0.5) is 5.95 Å². The van der Waals surface area contributed by atoms with Gasteiger partial charge in [0, 0.05) is 25.0 Å². The van der Waals surface area contributed by atoms with Gasteiger partial charge >= 0.3 is 0 Å². The van der Waals surface area contributed by atoms with E-state index in [2.05, 4.69) is 15.6 Å². The molecule has 22 heavy (non-hydrogen) atoms. The van der Waals surface area contributed by atoms with Crippen LogP contribution in [0.2, 0.25) is 0 Å². The van der Waals surface area contributed by atoms with Crippen molar-refractivity contribution >= 4 is 35.3 Å². The van der Waals surface area contributed by atoms with Gasteiger partial charge in [-0.15, -0.1) is 12.4 Å². The van der Waals surface area contributed by atoms with E-state index in [1.807, 2.05) is 23.1 Å². The molecule has 2 atom stereocenters. The monoisotopic (exact) mass is 320 g/mol. The van der Waals surface area contributed by atoms with E-state index in [0.29, 0.717) is 0 Å². The van der Waals surface area contributed by atoms with Gasteiger partial charge < -0.3 is 10.3 Å². The Balaban J connectivity index is 0.00000144. The lowest BCUT2D eigenvalue weighted by Crippen LogP contribution is -2.40. The lowest BCUT2D eigenvalue weighted by molar-refractivity contribution is -0.123. The number of nitrogens with zero attached hydrogens (tertiary/aromatic N) is 3. The summed E-state index contributed by atoms with van der Waals surface area (Å²) in [7, 11) is 0. The summed E-state index contributed by atoms with van der Waals surface area (Å²) in [6.45, 7) is 1.57. The van der Waals surface area contributed by atoms with E-state index >= 15 is 0 Å². The highest BCUT2D eigenvalue weighted by Crippen LogP contribution is 2.31. The number of fused-ring (bicyclic) bond motifs is 3. The molecule has 1 aromatic heterocycles.